The second-order valence-corrected chi connectivity index (χ2v) is 8.60. The maximum absolute atomic E-state index is 12.8. The molecule has 0 radical (unpaired) electrons. The molecule has 168 valence electrons. The van der Waals surface area contributed by atoms with Gasteiger partial charge >= 0.3 is 0 Å². The number of fused-ring (bicyclic) bond motifs is 1. The van der Waals surface area contributed by atoms with Crippen LogP contribution in [0.3, 0.4) is 0 Å². The number of aromatic nitrogens is 4. The zero-order valence-electron chi connectivity index (χ0n) is 18.6. The van der Waals surface area contributed by atoms with Crippen LogP contribution in [-0.2, 0) is 11.2 Å². The average Bonchev–Trinajstić information content (AvgIpc) is 2.79. The minimum Gasteiger partial charge on any atom is -0.367 e. The Hall–Kier alpha value is -3.00. The predicted octanol–water partition coefficient (Wildman–Crippen LogP) is 3.70. The van der Waals surface area contributed by atoms with Crippen LogP contribution in [0.4, 0.5) is 10.2 Å². The molecule has 4 rings (SSSR count). The molecule has 1 aliphatic rings. The van der Waals surface area contributed by atoms with Crippen LogP contribution in [0, 0.1) is 5.92 Å². The van der Waals surface area contributed by atoms with Crippen molar-refractivity contribution in [3.05, 3.63) is 42.5 Å². The fraction of sp³-hybridized carbons (Fsp3) is 0.458. The van der Waals surface area contributed by atoms with E-state index in [0.29, 0.717) is 24.5 Å². The summed E-state index contributed by atoms with van der Waals surface area (Å²) in [5.74, 6) is 0.929. The standard InChI is InChI=1S/C24H29FN6O/c1-16(2)28-24-15-26-14-22(30-24)20-4-3-18-13-27-19(11-21(18)29-20)12-23(32)17-5-8-31(9-6-17)10-7-25/h3-4,11,13-17H,5-10,12H2,1-2H3,(H,28,30). The number of nitrogens with zero attached hydrogens (tertiary/aromatic N) is 5. The van der Waals surface area contributed by atoms with E-state index in [9.17, 15) is 9.18 Å². The lowest BCUT2D eigenvalue weighted by Gasteiger charge is -2.30. The summed E-state index contributed by atoms with van der Waals surface area (Å²) in [6.07, 6.45) is 7.02. The van der Waals surface area contributed by atoms with Crippen molar-refractivity contribution in [2.24, 2.45) is 5.92 Å². The van der Waals surface area contributed by atoms with E-state index in [1.54, 1.807) is 18.6 Å². The molecule has 1 saturated heterocycles. The van der Waals surface area contributed by atoms with Gasteiger partial charge in [-0.2, -0.15) is 0 Å². The lowest BCUT2D eigenvalue weighted by molar-refractivity contribution is -0.123. The molecular weight excluding hydrogens is 407 g/mol. The van der Waals surface area contributed by atoms with Gasteiger partial charge in [-0.1, -0.05) is 0 Å². The van der Waals surface area contributed by atoms with Gasteiger partial charge in [0.1, 0.15) is 24.0 Å². The monoisotopic (exact) mass is 436 g/mol. The summed E-state index contributed by atoms with van der Waals surface area (Å²) >= 11 is 0. The van der Waals surface area contributed by atoms with Crippen LogP contribution < -0.4 is 5.32 Å². The molecule has 0 amide bonds. The molecule has 0 spiro atoms. The van der Waals surface area contributed by atoms with E-state index in [1.165, 1.54) is 0 Å². The van der Waals surface area contributed by atoms with Crippen molar-refractivity contribution in [3.8, 4) is 11.4 Å². The van der Waals surface area contributed by atoms with E-state index >= 15 is 0 Å². The summed E-state index contributed by atoms with van der Waals surface area (Å²) in [7, 11) is 0. The average molecular weight is 437 g/mol. The van der Waals surface area contributed by atoms with Gasteiger partial charge in [0.05, 0.1) is 23.6 Å². The summed E-state index contributed by atoms with van der Waals surface area (Å²) in [5.41, 5.74) is 2.91. The van der Waals surface area contributed by atoms with Gasteiger partial charge in [-0.05, 0) is 58.0 Å². The van der Waals surface area contributed by atoms with Crippen LogP contribution in [0.15, 0.2) is 36.8 Å². The number of hydrogen-bond acceptors (Lipinski definition) is 7. The van der Waals surface area contributed by atoms with Crippen LogP contribution >= 0.6 is 0 Å². The lowest BCUT2D eigenvalue weighted by Crippen LogP contribution is -2.37. The Bertz CT molecular complexity index is 1080. The van der Waals surface area contributed by atoms with E-state index in [4.69, 9.17) is 4.98 Å². The first kappa shape index (κ1) is 22.2. The number of carbonyl (C=O) groups is 1. The van der Waals surface area contributed by atoms with E-state index in [-0.39, 0.29) is 24.4 Å². The van der Waals surface area contributed by atoms with Crippen LogP contribution in [0.2, 0.25) is 0 Å². The highest BCUT2D eigenvalue weighted by Gasteiger charge is 2.25. The number of ketones is 1. The number of likely N-dealkylation sites (tertiary alicyclic amines) is 1. The van der Waals surface area contributed by atoms with Crippen molar-refractivity contribution >= 4 is 22.5 Å². The Balaban J connectivity index is 1.48. The van der Waals surface area contributed by atoms with Crippen LogP contribution in [0.1, 0.15) is 32.4 Å². The van der Waals surface area contributed by atoms with Gasteiger partial charge in [0, 0.05) is 42.2 Å². The first-order chi connectivity index (χ1) is 15.5. The summed E-state index contributed by atoms with van der Waals surface area (Å²) in [6, 6.07) is 6.01. The van der Waals surface area contributed by atoms with Crippen molar-refractivity contribution in [1.82, 2.24) is 24.8 Å². The molecule has 0 atom stereocenters. The maximum atomic E-state index is 12.8. The Labute approximate surface area is 187 Å². The van der Waals surface area contributed by atoms with E-state index in [2.05, 4.69) is 25.2 Å². The van der Waals surface area contributed by atoms with Crippen LogP contribution in [0.5, 0.6) is 0 Å². The Kier molecular flexibility index (Phi) is 6.99. The summed E-state index contributed by atoms with van der Waals surface area (Å²) in [6.45, 7) is 5.78. The zero-order valence-corrected chi connectivity index (χ0v) is 18.6. The van der Waals surface area contributed by atoms with Gasteiger partial charge in [-0.25, -0.2) is 14.4 Å². The highest BCUT2D eigenvalue weighted by Crippen LogP contribution is 2.23. The molecule has 0 saturated carbocycles. The van der Waals surface area contributed by atoms with Crippen molar-refractivity contribution in [3.63, 3.8) is 0 Å². The number of pyridine rings is 2. The molecule has 0 aliphatic carbocycles. The number of piperidine rings is 1. The lowest BCUT2D eigenvalue weighted by atomic mass is 9.90. The molecule has 0 unspecified atom stereocenters. The van der Waals surface area contributed by atoms with Gasteiger partial charge in [0.15, 0.2) is 0 Å². The third-order valence-electron chi connectivity index (χ3n) is 5.76. The van der Waals surface area contributed by atoms with Gasteiger partial charge in [-0.15, -0.1) is 0 Å². The number of hydrogen-bond donors (Lipinski definition) is 1. The molecule has 8 heteroatoms. The van der Waals surface area contributed by atoms with E-state index < -0.39 is 0 Å². The van der Waals surface area contributed by atoms with Gasteiger partial charge in [-0.3, -0.25) is 14.8 Å². The molecule has 3 aromatic rings. The quantitative estimate of drug-likeness (QED) is 0.576. The van der Waals surface area contributed by atoms with Crippen molar-refractivity contribution in [1.29, 1.82) is 0 Å². The SMILES string of the molecule is CC(C)Nc1cncc(-c2ccc3cnc(CC(=O)C4CCN(CCF)CC4)cc3n2)n1. The third-order valence-corrected chi connectivity index (χ3v) is 5.76. The smallest absolute Gasteiger partial charge is 0.145 e. The highest BCUT2D eigenvalue weighted by molar-refractivity contribution is 5.85. The van der Waals surface area contributed by atoms with Gasteiger partial charge in [0.25, 0.3) is 0 Å². The number of alkyl halides is 1. The van der Waals surface area contributed by atoms with E-state index in [0.717, 1.165) is 48.2 Å². The molecule has 32 heavy (non-hydrogen) atoms. The molecule has 4 heterocycles. The third kappa shape index (κ3) is 5.43. The Morgan fingerprint density at radius 1 is 1.16 bits per heavy atom. The second-order valence-electron chi connectivity index (χ2n) is 8.60. The normalized spacial score (nSPS) is 15.4. The first-order valence-electron chi connectivity index (χ1n) is 11.2. The van der Waals surface area contributed by atoms with E-state index in [1.807, 2.05) is 32.0 Å². The molecule has 0 bridgehead atoms. The molecular formula is C24H29FN6O. The Morgan fingerprint density at radius 2 is 1.97 bits per heavy atom. The molecule has 1 aliphatic heterocycles. The molecule has 1 N–H and O–H groups in total. The summed E-state index contributed by atoms with van der Waals surface area (Å²) in [4.78, 5) is 33.0. The largest absolute Gasteiger partial charge is 0.367 e. The fourth-order valence-corrected chi connectivity index (χ4v) is 4.07. The first-order valence-corrected chi connectivity index (χ1v) is 11.2. The number of carbonyl (C=O) groups excluding carboxylic acids is 1. The van der Waals surface area contributed by atoms with Crippen LogP contribution in [0.25, 0.3) is 22.3 Å². The van der Waals surface area contributed by atoms with Crippen molar-refractivity contribution in [2.45, 2.75) is 39.2 Å². The van der Waals surface area contributed by atoms with Crippen molar-refractivity contribution < 1.29 is 9.18 Å². The number of nitrogens with one attached hydrogen (secondary N) is 1. The molecule has 0 aromatic carbocycles. The molecule has 7 nitrogen and oxygen atoms in total. The highest BCUT2D eigenvalue weighted by atomic mass is 19.1. The summed E-state index contributed by atoms with van der Waals surface area (Å²) < 4.78 is 12.5. The predicted molar refractivity (Wildman–Crippen MR) is 123 cm³/mol. The van der Waals surface area contributed by atoms with Crippen molar-refractivity contribution in [2.75, 3.05) is 31.6 Å². The summed E-state index contributed by atoms with van der Waals surface area (Å²) in [5, 5.41) is 4.16. The molecule has 1 fully saturated rings. The molecule has 3 aromatic heterocycles. The topological polar surface area (TPSA) is 83.9 Å². The second kappa shape index (κ2) is 10.1. The minimum absolute atomic E-state index is 0.0223. The zero-order chi connectivity index (χ0) is 22.5. The number of rotatable bonds is 8. The van der Waals surface area contributed by atoms with Crippen LogP contribution in [-0.4, -0.2) is 63.0 Å². The maximum Gasteiger partial charge on any atom is 0.145 e. The number of anilines is 1. The minimum atomic E-state index is -0.335. The fourth-order valence-electron chi connectivity index (χ4n) is 4.07. The number of Topliss-reactive ketones (excluding diaryl/α,β-unsaturated/α-hetero) is 1. The van der Waals surface area contributed by atoms with Gasteiger partial charge in [0.2, 0.25) is 0 Å². The Morgan fingerprint density at radius 3 is 2.72 bits per heavy atom. The number of halogens is 1. The van der Waals surface area contributed by atoms with Gasteiger partial charge < -0.3 is 10.2 Å².